The number of rotatable bonds is 6. The molecule has 0 aliphatic carbocycles. The SMILES string of the molecule is CCC(COc1cnc(C(C)(C)C)nc1)Nc1nc(C)nc(N)n1. The van der Waals surface area contributed by atoms with Gasteiger partial charge >= 0.3 is 0 Å². The molecule has 1 atom stereocenters. The Morgan fingerprint density at radius 1 is 1.17 bits per heavy atom. The molecule has 2 heterocycles. The molecule has 2 aromatic rings. The number of nitrogen functional groups attached to an aromatic ring is 1. The lowest BCUT2D eigenvalue weighted by molar-refractivity contribution is 0.290. The molecule has 130 valence electrons. The molecule has 2 aromatic heterocycles. The van der Waals surface area contributed by atoms with Crippen molar-refractivity contribution in [2.45, 2.75) is 52.5 Å². The van der Waals surface area contributed by atoms with E-state index in [-0.39, 0.29) is 17.4 Å². The van der Waals surface area contributed by atoms with Crippen LogP contribution in [0.25, 0.3) is 0 Å². The average Bonchev–Trinajstić information content (AvgIpc) is 2.50. The van der Waals surface area contributed by atoms with E-state index >= 15 is 0 Å². The minimum Gasteiger partial charge on any atom is -0.488 e. The fraction of sp³-hybridized carbons (Fsp3) is 0.562. The molecule has 1 unspecified atom stereocenters. The molecule has 2 rings (SSSR count). The monoisotopic (exact) mass is 331 g/mol. The molecule has 8 nitrogen and oxygen atoms in total. The van der Waals surface area contributed by atoms with E-state index in [9.17, 15) is 0 Å². The lowest BCUT2D eigenvalue weighted by Crippen LogP contribution is -2.28. The van der Waals surface area contributed by atoms with Gasteiger partial charge in [-0.1, -0.05) is 27.7 Å². The van der Waals surface area contributed by atoms with Crippen LogP contribution in [0.15, 0.2) is 12.4 Å². The minimum absolute atomic E-state index is 0.0356. The van der Waals surface area contributed by atoms with Crippen molar-refractivity contribution in [1.82, 2.24) is 24.9 Å². The highest BCUT2D eigenvalue weighted by atomic mass is 16.5. The van der Waals surface area contributed by atoms with Gasteiger partial charge in [-0.05, 0) is 13.3 Å². The molecule has 0 amide bonds. The number of ether oxygens (including phenoxy) is 1. The lowest BCUT2D eigenvalue weighted by atomic mass is 9.96. The van der Waals surface area contributed by atoms with Crippen LogP contribution < -0.4 is 15.8 Å². The van der Waals surface area contributed by atoms with E-state index in [1.807, 2.05) is 0 Å². The number of nitrogens with two attached hydrogens (primary N) is 1. The fourth-order valence-electron chi connectivity index (χ4n) is 1.99. The molecule has 0 saturated carbocycles. The molecule has 8 heteroatoms. The summed E-state index contributed by atoms with van der Waals surface area (Å²) in [6.45, 7) is 10.5. The van der Waals surface area contributed by atoms with Gasteiger partial charge in [0.2, 0.25) is 11.9 Å². The number of nitrogens with one attached hydrogen (secondary N) is 1. The normalized spacial score (nSPS) is 12.7. The van der Waals surface area contributed by atoms with Gasteiger partial charge in [0.1, 0.15) is 18.3 Å². The number of aryl methyl sites for hydroxylation is 1. The quantitative estimate of drug-likeness (QED) is 0.828. The van der Waals surface area contributed by atoms with E-state index in [0.29, 0.717) is 24.1 Å². The van der Waals surface area contributed by atoms with Crippen molar-refractivity contribution in [3.63, 3.8) is 0 Å². The van der Waals surface area contributed by atoms with Crippen LogP contribution in [0.4, 0.5) is 11.9 Å². The van der Waals surface area contributed by atoms with E-state index in [1.54, 1.807) is 19.3 Å². The number of nitrogens with zero attached hydrogens (tertiary/aromatic N) is 5. The smallest absolute Gasteiger partial charge is 0.228 e. The zero-order valence-corrected chi connectivity index (χ0v) is 14.9. The minimum atomic E-state index is -0.0808. The molecular weight excluding hydrogens is 306 g/mol. The van der Waals surface area contributed by atoms with E-state index in [1.165, 1.54) is 0 Å². The molecule has 0 saturated heterocycles. The van der Waals surface area contributed by atoms with Gasteiger partial charge in [-0.15, -0.1) is 0 Å². The summed E-state index contributed by atoms with van der Waals surface area (Å²) in [7, 11) is 0. The molecular formula is C16H25N7O. The number of hydrogen-bond donors (Lipinski definition) is 2. The Morgan fingerprint density at radius 2 is 1.83 bits per heavy atom. The second-order valence-electron chi connectivity index (χ2n) is 6.62. The second-order valence-corrected chi connectivity index (χ2v) is 6.62. The lowest BCUT2D eigenvalue weighted by Gasteiger charge is -2.19. The predicted molar refractivity (Wildman–Crippen MR) is 92.9 cm³/mol. The van der Waals surface area contributed by atoms with Crippen LogP contribution in [0.5, 0.6) is 5.75 Å². The largest absolute Gasteiger partial charge is 0.488 e. The van der Waals surface area contributed by atoms with Gasteiger partial charge in [-0.3, -0.25) is 0 Å². The highest BCUT2D eigenvalue weighted by molar-refractivity contribution is 5.32. The van der Waals surface area contributed by atoms with Crippen molar-refractivity contribution >= 4 is 11.9 Å². The van der Waals surface area contributed by atoms with Crippen LogP contribution in [0.1, 0.15) is 45.8 Å². The van der Waals surface area contributed by atoms with Crippen LogP contribution in [0.2, 0.25) is 0 Å². The second kappa shape index (κ2) is 7.37. The predicted octanol–water partition coefficient (Wildman–Crippen LogP) is 2.12. The summed E-state index contributed by atoms with van der Waals surface area (Å²) >= 11 is 0. The standard InChI is InChI=1S/C16H25N7O/c1-6-11(22-15-21-10(2)20-14(17)23-15)9-24-12-7-18-13(19-8-12)16(3,4)5/h7-8,11H,6,9H2,1-5H3,(H3,17,20,21,22,23). The Hall–Kier alpha value is -2.51. The van der Waals surface area contributed by atoms with Crippen molar-refractivity contribution in [2.75, 3.05) is 17.7 Å². The van der Waals surface area contributed by atoms with Gasteiger partial charge in [0.25, 0.3) is 0 Å². The van der Waals surface area contributed by atoms with Crippen LogP contribution in [0.3, 0.4) is 0 Å². The molecule has 0 radical (unpaired) electrons. The molecule has 3 N–H and O–H groups in total. The Morgan fingerprint density at radius 3 is 2.38 bits per heavy atom. The third-order valence-electron chi connectivity index (χ3n) is 3.34. The van der Waals surface area contributed by atoms with Gasteiger partial charge < -0.3 is 15.8 Å². The maximum absolute atomic E-state index is 5.77. The molecule has 0 aliphatic heterocycles. The first-order valence-corrected chi connectivity index (χ1v) is 7.98. The summed E-state index contributed by atoms with van der Waals surface area (Å²) < 4.78 is 5.77. The first-order chi connectivity index (χ1) is 11.3. The van der Waals surface area contributed by atoms with Crippen molar-refractivity contribution in [3.8, 4) is 5.75 Å². The van der Waals surface area contributed by atoms with Gasteiger partial charge in [0.05, 0.1) is 18.4 Å². The highest BCUT2D eigenvalue weighted by Crippen LogP contribution is 2.19. The van der Waals surface area contributed by atoms with Crippen molar-refractivity contribution in [3.05, 3.63) is 24.0 Å². The zero-order chi connectivity index (χ0) is 17.7. The average molecular weight is 331 g/mol. The summed E-state index contributed by atoms with van der Waals surface area (Å²) in [5.41, 5.74) is 5.56. The number of anilines is 2. The van der Waals surface area contributed by atoms with Gasteiger partial charge in [-0.2, -0.15) is 15.0 Å². The van der Waals surface area contributed by atoms with E-state index in [2.05, 4.69) is 57.9 Å². The van der Waals surface area contributed by atoms with Gasteiger partial charge in [0, 0.05) is 5.41 Å². The summed E-state index contributed by atoms with van der Waals surface area (Å²) in [6, 6.07) is 0.0356. The number of hydrogen-bond acceptors (Lipinski definition) is 8. The molecule has 0 bridgehead atoms. The summed E-state index contributed by atoms with van der Waals surface area (Å²) in [6.07, 6.45) is 4.24. The molecule has 0 aromatic carbocycles. The van der Waals surface area contributed by atoms with Gasteiger partial charge in [0.15, 0.2) is 5.75 Å². The van der Waals surface area contributed by atoms with Crippen molar-refractivity contribution < 1.29 is 4.74 Å². The molecule has 0 spiro atoms. The topological polar surface area (TPSA) is 112 Å². The van der Waals surface area contributed by atoms with Gasteiger partial charge in [-0.25, -0.2) is 9.97 Å². The first kappa shape index (κ1) is 17.8. The Bertz CT molecular complexity index is 647. The van der Waals surface area contributed by atoms with E-state index in [0.717, 1.165) is 12.2 Å². The molecule has 0 aliphatic rings. The zero-order valence-electron chi connectivity index (χ0n) is 14.9. The number of aromatic nitrogens is 5. The van der Waals surface area contributed by atoms with Crippen LogP contribution in [0, 0.1) is 6.92 Å². The highest BCUT2D eigenvalue weighted by Gasteiger charge is 2.17. The summed E-state index contributed by atoms with van der Waals surface area (Å²) in [4.78, 5) is 21.0. The van der Waals surface area contributed by atoms with Crippen molar-refractivity contribution in [2.24, 2.45) is 0 Å². The van der Waals surface area contributed by atoms with Crippen LogP contribution in [-0.2, 0) is 5.41 Å². The summed E-state index contributed by atoms with van der Waals surface area (Å²) in [5.74, 6) is 2.65. The van der Waals surface area contributed by atoms with Crippen molar-refractivity contribution in [1.29, 1.82) is 0 Å². The van der Waals surface area contributed by atoms with Crippen LogP contribution in [-0.4, -0.2) is 37.6 Å². The van der Waals surface area contributed by atoms with E-state index < -0.39 is 0 Å². The third kappa shape index (κ3) is 5.00. The first-order valence-electron chi connectivity index (χ1n) is 7.98. The van der Waals surface area contributed by atoms with E-state index in [4.69, 9.17) is 10.5 Å². The maximum Gasteiger partial charge on any atom is 0.228 e. The Balaban J connectivity index is 1.96. The summed E-state index contributed by atoms with van der Waals surface area (Å²) in [5, 5.41) is 3.21. The Kier molecular flexibility index (Phi) is 5.48. The molecule has 0 fully saturated rings. The fourth-order valence-corrected chi connectivity index (χ4v) is 1.99. The van der Waals surface area contributed by atoms with Crippen LogP contribution >= 0.6 is 0 Å². The maximum atomic E-state index is 5.77. The third-order valence-corrected chi connectivity index (χ3v) is 3.34. The Labute approximate surface area is 142 Å². The molecule has 24 heavy (non-hydrogen) atoms.